The number of sulfonamides is 2. The molecule has 0 aliphatic rings. The average Bonchev–Trinajstić information content (AvgIpc) is 3.72. The summed E-state index contributed by atoms with van der Waals surface area (Å²) in [7, 11) is -6.16. The fourth-order valence-electron chi connectivity index (χ4n) is 5.19. The van der Waals surface area contributed by atoms with E-state index in [-0.39, 0.29) is 57.4 Å². The summed E-state index contributed by atoms with van der Waals surface area (Å²) in [5.74, 6) is 0.423. The minimum Gasteiger partial charge on any atom is -0.504 e. The topological polar surface area (TPSA) is 207 Å². The van der Waals surface area contributed by atoms with Gasteiger partial charge in [-0.3, -0.25) is 0 Å². The molecular formula is C36H47Cl4N5O9S3. The zero-order valence-electron chi connectivity index (χ0n) is 33.1. The summed E-state index contributed by atoms with van der Waals surface area (Å²) in [6.45, 7) is 19.9. The molecule has 0 atom stereocenters. The summed E-state index contributed by atoms with van der Waals surface area (Å²) in [5.41, 5.74) is 6.06. The maximum absolute atomic E-state index is 12.8. The summed E-state index contributed by atoms with van der Waals surface area (Å²) >= 11 is 17.9. The molecule has 21 heteroatoms. The lowest BCUT2D eigenvalue weighted by Gasteiger charge is -2.20. The second-order valence-electron chi connectivity index (χ2n) is 14.4. The second-order valence-corrected chi connectivity index (χ2v) is 21.9. The van der Waals surface area contributed by atoms with Gasteiger partial charge in [-0.25, -0.2) is 35.2 Å². The van der Waals surface area contributed by atoms with Crippen molar-refractivity contribution in [1.82, 2.24) is 18.6 Å². The Labute approximate surface area is 353 Å². The highest BCUT2D eigenvalue weighted by Crippen LogP contribution is 2.38. The molecule has 5 aromatic rings. The highest BCUT2D eigenvalue weighted by Gasteiger charge is 2.32. The van der Waals surface area contributed by atoms with E-state index in [2.05, 4.69) is 9.97 Å². The molecule has 0 fully saturated rings. The van der Waals surface area contributed by atoms with Crippen molar-refractivity contribution in [2.24, 2.45) is 0 Å². The molecule has 3 N–H and O–H groups in total. The van der Waals surface area contributed by atoms with Gasteiger partial charge < -0.3 is 19.7 Å². The van der Waals surface area contributed by atoms with Crippen LogP contribution in [-0.2, 0) is 39.9 Å². The Bertz CT molecular complexity index is 2580. The van der Waals surface area contributed by atoms with Crippen LogP contribution in [0.25, 0.3) is 22.2 Å². The average molecular weight is 932 g/mol. The van der Waals surface area contributed by atoms with Crippen LogP contribution in [-0.4, -0.2) is 75.1 Å². The molecule has 2 heterocycles. The smallest absolute Gasteiger partial charge is 0.266 e. The van der Waals surface area contributed by atoms with Crippen LogP contribution in [0.5, 0.6) is 5.75 Å². The first-order chi connectivity index (χ1) is 26.1. The first-order valence-electron chi connectivity index (χ1n) is 17.5. The van der Waals surface area contributed by atoms with Crippen LogP contribution in [0.2, 0.25) is 15.1 Å². The molecule has 2 aromatic heterocycles. The molecule has 316 valence electrons. The molecule has 0 spiro atoms. The van der Waals surface area contributed by atoms with E-state index < -0.39 is 34.8 Å². The summed E-state index contributed by atoms with van der Waals surface area (Å²) < 4.78 is 87.0. The van der Waals surface area contributed by atoms with Gasteiger partial charge in [0, 0.05) is 47.7 Å². The van der Waals surface area contributed by atoms with Crippen molar-refractivity contribution in [1.29, 1.82) is 0 Å². The number of nitrogens with two attached hydrogens (primary N) is 1. The molecule has 0 amide bonds. The first kappa shape index (κ1) is 48.5. The van der Waals surface area contributed by atoms with Crippen molar-refractivity contribution in [3.8, 4) is 5.75 Å². The van der Waals surface area contributed by atoms with Gasteiger partial charge in [0.2, 0.25) is 31.8 Å². The van der Waals surface area contributed by atoms with Crippen LogP contribution in [0.4, 0.5) is 5.69 Å². The summed E-state index contributed by atoms with van der Waals surface area (Å²) in [4.78, 5) is 8.09. The Kier molecular flexibility index (Phi) is 15.5. The highest BCUT2D eigenvalue weighted by molar-refractivity contribution is 8.14. The predicted octanol–water partition coefficient (Wildman–Crippen LogP) is 9.17. The Morgan fingerprint density at radius 2 is 0.947 bits per heavy atom. The number of aromatic hydroxyl groups is 1. The molecule has 14 nitrogen and oxygen atoms in total. The molecule has 57 heavy (non-hydrogen) atoms. The van der Waals surface area contributed by atoms with Crippen LogP contribution >= 0.6 is 45.5 Å². The molecule has 5 rings (SSSR count). The quantitative estimate of drug-likeness (QED) is 0.0806. The maximum Gasteiger partial charge on any atom is 0.266 e. The lowest BCUT2D eigenvalue weighted by atomic mass is 9.97. The zero-order valence-corrected chi connectivity index (χ0v) is 38.6. The number of rotatable bonds is 9. The van der Waals surface area contributed by atoms with E-state index >= 15 is 0 Å². The van der Waals surface area contributed by atoms with E-state index in [0.717, 1.165) is 0 Å². The van der Waals surface area contributed by atoms with Crippen LogP contribution in [0, 0.1) is 0 Å². The summed E-state index contributed by atoms with van der Waals surface area (Å²) in [6, 6.07) is 8.98. The van der Waals surface area contributed by atoms with Gasteiger partial charge in [0.05, 0.1) is 20.8 Å². The second kappa shape index (κ2) is 18.2. The Balaban J connectivity index is 0.000000231. The van der Waals surface area contributed by atoms with Gasteiger partial charge in [0.15, 0.2) is 16.9 Å². The van der Waals surface area contributed by atoms with Crippen molar-refractivity contribution in [2.45, 2.75) is 94.8 Å². The number of hydrogen-bond donors (Lipinski definition) is 2. The highest BCUT2D eigenvalue weighted by atomic mass is 35.7. The van der Waals surface area contributed by atoms with Gasteiger partial charge in [0.1, 0.15) is 25.7 Å². The maximum atomic E-state index is 12.8. The SMILES string of the molecule is CC(C)(C)c1nc2ccc(Cl)c(S(=O)(=O)Cl)c2o1.CCN(CC)S(=O)(=O)c1c(Cl)ccc(N)c1O.CCN(CC)S(=O)(=O)c1c(Cl)ccc2nc(C(C)(C)C)oc12. The van der Waals surface area contributed by atoms with Gasteiger partial charge in [-0.2, -0.15) is 8.61 Å². The number of benzene rings is 3. The molecule has 0 aliphatic heterocycles. The standard InChI is InChI=1S/C15H21ClN2O3S.C11H11Cl2NO3S.C10H15ClN2O3S/c1-6-18(7-2)22(19,20)13-10(16)8-9-11-12(13)21-14(17-11)15(3,4)5;1-11(2,3)10-14-7-5-4-6(12)9(8(7)17-10)18(13,15)16;1-3-13(4-2)17(15,16)10-7(11)5-6-8(12)9(10)14/h8-9H,6-7H2,1-5H3;4-5H,1-3H3;5-6,14H,3-4,12H2,1-2H3. The van der Waals surface area contributed by atoms with Crippen LogP contribution < -0.4 is 5.73 Å². The minimum absolute atomic E-state index is 0.00151. The van der Waals surface area contributed by atoms with E-state index in [9.17, 15) is 30.4 Å². The number of fused-ring (bicyclic) bond motifs is 2. The number of nitrogens with zero attached hydrogens (tertiary/aromatic N) is 4. The van der Waals surface area contributed by atoms with E-state index in [0.29, 0.717) is 49.0 Å². The molecule has 0 unspecified atom stereocenters. The number of halogens is 4. The van der Waals surface area contributed by atoms with Gasteiger partial charge in [-0.05, 0) is 36.4 Å². The third-order valence-electron chi connectivity index (χ3n) is 8.18. The molecule has 0 saturated carbocycles. The van der Waals surface area contributed by atoms with Crippen molar-refractivity contribution < 1.29 is 39.2 Å². The fraction of sp³-hybridized carbons (Fsp3) is 0.444. The Morgan fingerprint density at radius 3 is 1.32 bits per heavy atom. The van der Waals surface area contributed by atoms with Crippen LogP contribution in [0.1, 0.15) is 81.0 Å². The van der Waals surface area contributed by atoms with E-state index in [1.54, 1.807) is 45.9 Å². The predicted molar refractivity (Wildman–Crippen MR) is 226 cm³/mol. The lowest BCUT2D eigenvalue weighted by molar-refractivity contribution is 0.406. The van der Waals surface area contributed by atoms with Gasteiger partial charge in [0.25, 0.3) is 9.05 Å². The zero-order chi connectivity index (χ0) is 43.6. The van der Waals surface area contributed by atoms with E-state index in [1.807, 2.05) is 41.5 Å². The number of anilines is 1. The van der Waals surface area contributed by atoms with E-state index in [1.165, 1.54) is 26.8 Å². The number of hydrogen-bond acceptors (Lipinski definition) is 12. The monoisotopic (exact) mass is 929 g/mol. The Hall–Kier alpha value is -2.87. The van der Waals surface area contributed by atoms with E-state index in [4.69, 9.17) is 60.1 Å². The lowest BCUT2D eigenvalue weighted by Crippen LogP contribution is -2.31. The number of aromatic nitrogens is 2. The first-order valence-corrected chi connectivity index (χ1v) is 23.8. The number of nitrogen functional groups attached to an aromatic ring is 1. The van der Waals surface area contributed by atoms with Crippen molar-refractivity contribution in [3.05, 3.63) is 63.2 Å². The number of oxazole rings is 2. The van der Waals surface area contributed by atoms with Gasteiger partial charge >= 0.3 is 0 Å². The summed E-state index contributed by atoms with van der Waals surface area (Å²) in [5, 5.41) is 9.87. The molecule has 0 radical (unpaired) electrons. The third kappa shape index (κ3) is 10.7. The molecule has 3 aromatic carbocycles. The molecule has 0 saturated heterocycles. The van der Waals surface area contributed by atoms with Crippen molar-refractivity contribution in [2.75, 3.05) is 31.9 Å². The third-order valence-corrected chi connectivity index (χ3v) is 15.1. The van der Waals surface area contributed by atoms with Gasteiger partial charge in [-0.1, -0.05) is 104 Å². The largest absolute Gasteiger partial charge is 0.504 e. The molecular weight excluding hydrogens is 884 g/mol. The van der Waals surface area contributed by atoms with Crippen LogP contribution in [0.3, 0.4) is 0 Å². The minimum atomic E-state index is -3.99. The van der Waals surface area contributed by atoms with Crippen molar-refractivity contribution in [3.63, 3.8) is 0 Å². The summed E-state index contributed by atoms with van der Waals surface area (Å²) in [6.07, 6.45) is 0. The Morgan fingerprint density at radius 1 is 0.614 bits per heavy atom. The fourth-order valence-corrected chi connectivity index (χ4v) is 11.0. The normalized spacial score (nSPS) is 12.8. The molecule has 0 aliphatic carbocycles. The van der Waals surface area contributed by atoms with Crippen molar-refractivity contribution >= 4 is 102 Å². The number of phenolic OH excluding ortho intramolecular Hbond substituents is 1. The number of phenols is 1. The van der Waals surface area contributed by atoms with Gasteiger partial charge in [-0.15, -0.1) is 0 Å². The molecule has 0 bridgehead atoms. The van der Waals surface area contributed by atoms with Crippen LogP contribution in [0.15, 0.2) is 59.9 Å².